The Kier molecular flexibility index (Phi) is 6.65. The molecule has 2 aromatic heterocycles. The third kappa shape index (κ3) is 4.27. The number of carbonyl (C=O) groups excluding carboxylic acids is 3. The number of benzene rings is 1. The highest BCUT2D eigenvalue weighted by molar-refractivity contribution is 7.20. The smallest absolute Gasteiger partial charge is 0.308 e. The van der Waals surface area contributed by atoms with Gasteiger partial charge in [-0.2, -0.15) is 0 Å². The molecule has 0 aliphatic rings. The Labute approximate surface area is 182 Å². The molecule has 162 valence electrons. The molecule has 0 saturated carbocycles. The summed E-state index contributed by atoms with van der Waals surface area (Å²) in [6.45, 7) is 3.55. The van der Waals surface area contributed by atoms with E-state index < -0.39 is 29.3 Å². The molecular formula is C22H23N3O5S. The maximum absolute atomic E-state index is 13.6. The van der Waals surface area contributed by atoms with Crippen LogP contribution in [0.4, 0.5) is 0 Å². The van der Waals surface area contributed by atoms with Crippen molar-refractivity contribution in [1.29, 1.82) is 0 Å². The third-order valence-corrected chi connectivity index (χ3v) is 6.23. The van der Waals surface area contributed by atoms with Gasteiger partial charge in [0.15, 0.2) is 5.78 Å². The second kappa shape index (κ2) is 9.22. The fraction of sp³-hybridized carbons (Fsp3) is 0.318. The first kappa shape index (κ1) is 22.4. The fourth-order valence-corrected chi connectivity index (χ4v) is 4.57. The normalized spacial score (nSPS) is 12.0. The zero-order valence-corrected chi connectivity index (χ0v) is 18.3. The summed E-state index contributed by atoms with van der Waals surface area (Å²) in [5, 5.41) is 0.231. The summed E-state index contributed by atoms with van der Waals surface area (Å²) < 4.78 is 6.07. The molecule has 3 rings (SSSR count). The van der Waals surface area contributed by atoms with Crippen LogP contribution in [-0.2, 0) is 16.0 Å². The van der Waals surface area contributed by atoms with Gasteiger partial charge in [-0.3, -0.25) is 23.7 Å². The number of nitrogens with two attached hydrogens (primary N) is 1. The molecule has 1 amide bonds. The van der Waals surface area contributed by atoms with Crippen molar-refractivity contribution in [3.8, 4) is 0 Å². The molecule has 31 heavy (non-hydrogen) atoms. The first-order valence-corrected chi connectivity index (χ1v) is 10.6. The van der Waals surface area contributed by atoms with Crippen LogP contribution >= 0.6 is 11.3 Å². The fourth-order valence-electron chi connectivity index (χ4n) is 3.53. The van der Waals surface area contributed by atoms with Crippen LogP contribution in [0.25, 0.3) is 10.2 Å². The van der Waals surface area contributed by atoms with E-state index in [2.05, 4.69) is 4.98 Å². The summed E-state index contributed by atoms with van der Waals surface area (Å²) >= 11 is 1.05. The number of nitrogens with zero attached hydrogens (tertiary/aromatic N) is 2. The number of thiophene rings is 1. The monoisotopic (exact) mass is 441 g/mol. The van der Waals surface area contributed by atoms with Crippen LogP contribution in [0.1, 0.15) is 57.2 Å². The van der Waals surface area contributed by atoms with Crippen LogP contribution in [0.2, 0.25) is 0 Å². The Morgan fingerprint density at radius 3 is 2.48 bits per heavy atom. The minimum atomic E-state index is -1.13. The van der Waals surface area contributed by atoms with Crippen LogP contribution in [0.15, 0.2) is 35.1 Å². The van der Waals surface area contributed by atoms with E-state index in [1.807, 2.05) is 6.92 Å². The number of primary amides is 1. The van der Waals surface area contributed by atoms with Gasteiger partial charge in [-0.25, -0.2) is 4.98 Å². The molecule has 0 bridgehead atoms. The lowest BCUT2D eigenvalue weighted by molar-refractivity contribution is -0.141. The lowest BCUT2D eigenvalue weighted by atomic mass is 10.0. The van der Waals surface area contributed by atoms with Gasteiger partial charge in [0.05, 0.1) is 23.8 Å². The molecule has 8 nitrogen and oxygen atoms in total. The average Bonchev–Trinajstić information content (AvgIpc) is 3.09. The number of hydrogen-bond acceptors (Lipinski definition) is 7. The summed E-state index contributed by atoms with van der Waals surface area (Å²) in [5.41, 5.74) is 5.76. The number of Topliss-reactive ketones (excluding diaryl/α,β-unsaturated/α-hetero) is 1. The summed E-state index contributed by atoms with van der Waals surface area (Å²) in [7, 11) is 1.23. The molecule has 0 aliphatic heterocycles. The van der Waals surface area contributed by atoms with Gasteiger partial charge in [-0.1, -0.05) is 37.3 Å². The molecule has 1 unspecified atom stereocenters. The summed E-state index contributed by atoms with van der Waals surface area (Å²) in [6, 6.07) is 7.32. The number of fused-ring (bicyclic) bond motifs is 1. The Bertz CT molecular complexity index is 1210. The molecule has 2 heterocycles. The van der Waals surface area contributed by atoms with E-state index in [9.17, 15) is 19.2 Å². The molecule has 0 saturated heterocycles. The van der Waals surface area contributed by atoms with Crippen molar-refractivity contribution in [3.05, 3.63) is 62.5 Å². The first-order valence-electron chi connectivity index (χ1n) is 9.80. The predicted molar refractivity (Wildman–Crippen MR) is 118 cm³/mol. The topological polar surface area (TPSA) is 121 Å². The van der Waals surface area contributed by atoms with Gasteiger partial charge in [0, 0.05) is 12.0 Å². The number of amides is 1. The van der Waals surface area contributed by atoms with Gasteiger partial charge in [-0.15, -0.1) is 11.3 Å². The average molecular weight is 442 g/mol. The van der Waals surface area contributed by atoms with Crippen molar-refractivity contribution >= 4 is 39.2 Å². The van der Waals surface area contributed by atoms with Crippen molar-refractivity contribution in [1.82, 2.24) is 9.55 Å². The SMILES string of the molecule is CCCc1nc2sc(C(N)=O)c(C)c2c(=O)n1C(CC(=O)OC)C(=O)c1ccccc1. The van der Waals surface area contributed by atoms with E-state index in [4.69, 9.17) is 10.5 Å². The number of methoxy groups -OCH3 is 1. The molecule has 1 atom stereocenters. The van der Waals surface area contributed by atoms with E-state index in [1.165, 1.54) is 11.7 Å². The maximum atomic E-state index is 13.6. The maximum Gasteiger partial charge on any atom is 0.308 e. The standard InChI is InChI=1S/C22H23N3O5S/c1-4-8-15-24-21-17(12(2)19(31-21)20(23)28)22(29)25(15)14(11-16(26)30-3)18(27)13-9-6-5-7-10-13/h5-7,9-10,14H,4,8,11H2,1-3H3,(H2,23,28). The molecule has 2 N–H and O–H groups in total. The summed E-state index contributed by atoms with van der Waals surface area (Å²) in [4.78, 5) is 56.2. The Balaban J connectivity index is 2.31. The highest BCUT2D eigenvalue weighted by Crippen LogP contribution is 2.29. The van der Waals surface area contributed by atoms with Gasteiger partial charge >= 0.3 is 5.97 Å². The number of hydrogen-bond donors (Lipinski definition) is 1. The number of rotatable bonds is 8. The van der Waals surface area contributed by atoms with E-state index in [0.717, 1.165) is 11.3 Å². The van der Waals surface area contributed by atoms with Crippen molar-refractivity contribution < 1.29 is 19.1 Å². The van der Waals surface area contributed by atoms with Crippen molar-refractivity contribution in [2.45, 2.75) is 39.2 Å². The van der Waals surface area contributed by atoms with Gasteiger partial charge < -0.3 is 10.5 Å². The molecule has 0 radical (unpaired) electrons. The largest absolute Gasteiger partial charge is 0.469 e. The molecular weight excluding hydrogens is 418 g/mol. The lowest BCUT2D eigenvalue weighted by Gasteiger charge is -2.21. The highest BCUT2D eigenvalue weighted by atomic mass is 32.1. The van der Waals surface area contributed by atoms with Crippen molar-refractivity contribution in [2.75, 3.05) is 7.11 Å². The Hall–Kier alpha value is -3.33. The van der Waals surface area contributed by atoms with Crippen LogP contribution in [0, 0.1) is 6.92 Å². The zero-order valence-electron chi connectivity index (χ0n) is 17.5. The Morgan fingerprint density at radius 2 is 1.90 bits per heavy atom. The summed E-state index contributed by atoms with van der Waals surface area (Å²) in [5.74, 6) is -1.29. The molecule has 0 fully saturated rings. The quantitative estimate of drug-likeness (QED) is 0.424. The molecule has 1 aromatic carbocycles. The second-order valence-electron chi connectivity index (χ2n) is 7.08. The molecule has 0 aliphatic carbocycles. The van der Waals surface area contributed by atoms with E-state index >= 15 is 0 Å². The third-order valence-electron chi connectivity index (χ3n) is 5.03. The number of aryl methyl sites for hydroxylation is 2. The number of ketones is 1. The number of carbonyl (C=O) groups is 3. The van der Waals surface area contributed by atoms with Crippen LogP contribution in [0.3, 0.4) is 0 Å². The highest BCUT2D eigenvalue weighted by Gasteiger charge is 2.30. The number of ether oxygens (including phenoxy) is 1. The minimum Gasteiger partial charge on any atom is -0.469 e. The summed E-state index contributed by atoms with van der Waals surface area (Å²) in [6.07, 6.45) is 0.753. The van der Waals surface area contributed by atoms with Crippen LogP contribution < -0.4 is 11.3 Å². The van der Waals surface area contributed by atoms with E-state index in [-0.39, 0.29) is 16.7 Å². The van der Waals surface area contributed by atoms with E-state index in [1.54, 1.807) is 37.3 Å². The number of esters is 1. The predicted octanol–water partition coefficient (Wildman–Crippen LogP) is 2.80. The van der Waals surface area contributed by atoms with Gasteiger partial charge in [0.25, 0.3) is 11.5 Å². The van der Waals surface area contributed by atoms with Gasteiger partial charge in [0.2, 0.25) is 0 Å². The number of aromatic nitrogens is 2. The van der Waals surface area contributed by atoms with E-state index in [0.29, 0.717) is 34.6 Å². The molecule has 9 heteroatoms. The molecule has 3 aromatic rings. The van der Waals surface area contributed by atoms with Crippen LogP contribution in [-0.4, -0.2) is 34.3 Å². The van der Waals surface area contributed by atoms with Crippen LogP contribution in [0.5, 0.6) is 0 Å². The first-order chi connectivity index (χ1) is 14.8. The molecule has 0 spiro atoms. The minimum absolute atomic E-state index is 0.231. The Morgan fingerprint density at radius 1 is 1.23 bits per heavy atom. The van der Waals surface area contributed by atoms with Gasteiger partial charge in [-0.05, 0) is 18.9 Å². The zero-order chi connectivity index (χ0) is 22.7. The lowest BCUT2D eigenvalue weighted by Crippen LogP contribution is -2.35. The van der Waals surface area contributed by atoms with Gasteiger partial charge in [0.1, 0.15) is 16.7 Å². The van der Waals surface area contributed by atoms with Crippen molar-refractivity contribution in [3.63, 3.8) is 0 Å². The second-order valence-corrected chi connectivity index (χ2v) is 8.08. The van der Waals surface area contributed by atoms with Crippen molar-refractivity contribution in [2.24, 2.45) is 5.73 Å².